The first-order valence-electron chi connectivity index (χ1n) is 6.37. The summed E-state index contributed by atoms with van der Waals surface area (Å²) in [6, 6.07) is 7.19. The molecule has 1 aromatic heterocycles. The Morgan fingerprint density at radius 2 is 2.27 bits per heavy atom. The number of nitrogen functional groups attached to an aromatic ring is 1. The molecule has 22 heavy (non-hydrogen) atoms. The van der Waals surface area contributed by atoms with Crippen LogP contribution in [0.5, 0.6) is 0 Å². The Hall–Kier alpha value is -2.17. The Morgan fingerprint density at radius 3 is 2.95 bits per heavy atom. The molecule has 1 unspecified atom stereocenters. The predicted octanol–water partition coefficient (Wildman–Crippen LogP) is 1.54. The zero-order valence-electron chi connectivity index (χ0n) is 11.8. The third-order valence-corrected chi connectivity index (χ3v) is 4.18. The second-order valence-electron chi connectivity index (χ2n) is 4.34. The number of hydrogen-bond acceptors (Lipinski definition) is 5. The van der Waals surface area contributed by atoms with Gasteiger partial charge in [-0.05, 0) is 19.1 Å². The lowest BCUT2D eigenvalue weighted by Crippen LogP contribution is -2.31. The first-order valence-corrected chi connectivity index (χ1v) is 7.63. The molecule has 2 rings (SSSR count). The van der Waals surface area contributed by atoms with Crippen LogP contribution in [0.1, 0.15) is 6.92 Å². The third kappa shape index (κ3) is 3.53. The van der Waals surface area contributed by atoms with Crippen LogP contribution < -0.4 is 11.2 Å². The van der Waals surface area contributed by atoms with Gasteiger partial charge in [0.1, 0.15) is 0 Å². The molecule has 1 amide bonds. The number of nitrogens with two attached hydrogens (primary N) is 1. The lowest BCUT2D eigenvalue weighted by atomic mass is 10.2. The Bertz CT molecular complexity index is 724. The molecular formula is C14H14ClN5OS. The highest BCUT2D eigenvalue weighted by Gasteiger charge is 2.20. The Kier molecular flexibility index (Phi) is 5.31. The van der Waals surface area contributed by atoms with E-state index in [1.807, 2.05) is 12.1 Å². The topological polar surface area (TPSA) is 85.8 Å². The van der Waals surface area contributed by atoms with Gasteiger partial charge in [0.15, 0.2) is 5.82 Å². The molecule has 114 valence electrons. The molecule has 6 nitrogen and oxygen atoms in total. The van der Waals surface area contributed by atoms with E-state index in [1.165, 1.54) is 16.4 Å². The molecule has 0 radical (unpaired) electrons. The van der Waals surface area contributed by atoms with Crippen molar-refractivity contribution >= 4 is 29.3 Å². The van der Waals surface area contributed by atoms with Crippen LogP contribution in [0.25, 0.3) is 11.4 Å². The zero-order valence-corrected chi connectivity index (χ0v) is 13.4. The van der Waals surface area contributed by atoms with Crippen LogP contribution in [0.4, 0.5) is 0 Å². The summed E-state index contributed by atoms with van der Waals surface area (Å²) >= 11 is 7.32. The van der Waals surface area contributed by atoms with E-state index in [0.717, 1.165) is 0 Å². The number of rotatable bonds is 5. The van der Waals surface area contributed by atoms with Crippen molar-refractivity contribution in [3.8, 4) is 23.7 Å². The number of halogens is 1. The third-order valence-electron chi connectivity index (χ3n) is 2.80. The van der Waals surface area contributed by atoms with Crippen LogP contribution in [0.2, 0.25) is 5.02 Å². The van der Waals surface area contributed by atoms with Gasteiger partial charge in [-0.25, -0.2) is 4.68 Å². The molecule has 0 aliphatic carbocycles. The van der Waals surface area contributed by atoms with Gasteiger partial charge in [-0.3, -0.25) is 4.79 Å². The van der Waals surface area contributed by atoms with Crippen LogP contribution in [0.15, 0.2) is 29.4 Å². The maximum Gasteiger partial charge on any atom is 0.234 e. The summed E-state index contributed by atoms with van der Waals surface area (Å²) in [6.45, 7) is 1.92. The molecule has 1 aromatic carbocycles. The zero-order chi connectivity index (χ0) is 16.1. The van der Waals surface area contributed by atoms with Crippen molar-refractivity contribution < 1.29 is 4.79 Å². The summed E-state index contributed by atoms with van der Waals surface area (Å²) < 4.78 is 1.32. The fraction of sp³-hybridized carbons (Fsp3) is 0.214. The molecule has 0 aliphatic rings. The number of carbonyl (C=O) groups is 1. The second kappa shape index (κ2) is 7.20. The van der Waals surface area contributed by atoms with Crippen LogP contribution in [-0.4, -0.2) is 32.6 Å². The average Bonchev–Trinajstić information content (AvgIpc) is 2.86. The van der Waals surface area contributed by atoms with E-state index in [9.17, 15) is 4.79 Å². The fourth-order valence-electron chi connectivity index (χ4n) is 1.68. The Balaban J connectivity index is 2.17. The largest absolute Gasteiger partial charge is 0.344 e. The molecule has 0 saturated heterocycles. The van der Waals surface area contributed by atoms with Crippen LogP contribution in [0.3, 0.4) is 0 Å². The molecule has 0 aliphatic heterocycles. The van der Waals surface area contributed by atoms with Gasteiger partial charge in [0, 0.05) is 5.56 Å². The second-order valence-corrected chi connectivity index (χ2v) is 6.05. The summed E-state index contributed by atoms with van der Waals surface area (Å²) in [6.07, 6.45) is 5.11. The van der Waals surface area contributed by atoms with Crippen molar-refractivity contribution in [2.45, 2.75) is 17.3 Å². The monoisotopic (exact) mass is 335 g/mol. The quantitative estimate of drug-likeness (QED) is 0.492. The molecule has 1 heterocycles. The van der Waals surface area contributed by atoms with E-state index in [0.29, 0.717) is 21.6 Å². The van der Waals surface area contributed by atoms with E-state index in [1.54, 1.807) is 19.1 Å². The van der Waals surface area contributed by atoms with E-state index < -0.39 is 5.25 Å². The van der Waals surface area contributed by atoms with E-state index >= 15 is 0 Å². The van der Waals surface area contributed by atoms with Crippen LogP contribution >= 0.6 is 23.4 Å². The minimum absolute atomic E-state index is 0.184. The number of nitrogens with one attached hydrogen (secondary N) is 1. The van der Waals surface area contributed by atoms with Gasteiger partial charge in [0.2, 0.25) is 11.1 Å². The first-order chi connectivity index (χ1) is 10.5. The van der Waals surface area contributed by atoms with Crippen LogP contribution in [-0.2, 0) is 4.79 Å². The fourth-order valence-corrected chi connectivity index (χ4v) is 2.69. The maximum atomic E-state index is 11.8. The molecule has 3 N–H and O–H groups in total. The lowest BCUT2D eigenvalue weighted by molar-refractivity contribution is -0.120. The minimum Gasteiger partial charge on any atom is -0.344 e. The highest BCUT2D eigenvalue weighted by Crippen LogP contribution is 2.28. The molecule has 1 atom stereocenters. The van der Waals surface area contributed by atoms with E-state index in [4.69, 9.17) is 23.9 Å². The molecule has 0 saturated carbocycles. The number of hydrogen-bond donors (Lipinski definition) is 2. The van der Waals surface area contributed by atoms with Crippen molar-refractivity contribution in [1.29, 1.82) is 0 Å². The SMILES string of the molecule is C#CCNC(=O)C(C)Sc1nnc(-c2ccccc2Cl)n1N. The molecule has 0 spiro atoms. The van der Waals surface area contributed by atoms with Crippen molar-refractivity contribution in [2.24, 2.45) is 0 Å². The summed E-state index contributed by atoms with van der Waals surface area (Å²) in [5.41, 5.74) is 0.676. The average molecular weight is 336 g/mol. The van der Waals surface area contributed by atoms with Gasteiger partial charge in [-0.2, -0.15) is 0 Å². The van der Waals surface area contributed by atoms with Crippen molar-refractivity contribution in [3.05, 3.63) is 29.3 Å². The summed E-state index contributed by atoms with van der Waals surface area (Å²) in [5.74, 6) is 8.59. The lowest BCUT2D eigenvalue weighted by Gasteiger charge is -2.10. The van der Waals surface area contributed by atoms with Crippen molar-refractivity contribution in [3.63, 3.8) is 0 Å². The van der Waals surface area contributed by atoms with Gasteiger partial charge in [-0.1, -0.05) is 41.4 Å². The molecule has 0 fully saturated rings. The van der Waals surface area contributed by atoms with E-state index in [-0.39, 0.29) is 12.5 Å². The van der Waals surface area contributed by atoms with Gasteiger partial charge in [0.05, 0.1) is 16.8 Å². The van der Waals surface area contributed by atoms with Crippen LogP contribution in [0, 0.1) is 12.3 Å². The predicted molar refractivity (Wildman–Crippen MR) is 87.8 cm³/mol. The van der Waals surface area contributed by atoms with E-state index in [2.05, 4.69) is 21.4 Å². The first kappa shape index (κ1) is 16.2. The molecule has 2 aromatic rings. The normalized spacial score (nSPS) is 11.7. The van der Waals surface area contributed by atoms with Gasteiger partial charge in [-0.15, -0.1) is 16.6 Å². The van der Waals surface area contributed by atoms with Crippen molar-refractivity contribution in [2.75, 3.05) is 12.4 Å². The number of terminal acetylenes is 1. The number of nitrogens with zero attached hydrogens (tertiary/aromatic N) is 3. The summed E-state index contributed by atoms with van der Waals surface area (Å²) in [5, 5.41) is 11.2. The number of aromatic nitrogens is 3. The van der Waals surface area contributed by atoms with Gasteiger partial charge in [0.25, 0.3) is 0 Å². The summed E-state index contributed by atoms with van der Waals surface area (Å²) in [4.78, 5) is 11.8. The minimum atomic E-state index is -0.404. The standard InChI is InChI=1S/C14H14ClN5OS/c1-3-8-17-13(21)9(2)22-14-19-18-12(20(14)16)10-6-4-5-7-11(10)15/h1,4-7,9H,8,16H2,2H3,(H,17,21). The number of amides is 1. The number of benzene rings is 1. The smallest absolute Gasteiger partial charge is 0.234 e. The highest BCUT2D eigenvalue weighted by atomic mass is 35.5. The Labute approximate surface area is 137 Å². The Morgan fingerprint density at radius 1 is 1.55 bits per heavy atom. The van der Waals surface area contributed by atoms with Crippen molar-refractivity contribution in [1.82, 2.24) is 20.2 Å². The molecular weight excluding hydrogens is 322 g/mol. The number of carbonyl (C=O) groups excluding carboxylic acids is 1. The number of thioether (sulfide) groups is 1. The molecule has 0 bridgehead atoms. The maximum absolute atomic E-state index is 11.8. The van der Waals surface area contributed by atoms with Gasteiger partial charge >= 0.3 is 0 Å². The van der Waals surface area contributed by atoms with Gasteiger partial charge < -0.3 is 11.2 Å². The highest BCUT2D eigenvalue weighted by molar-refractivity contribution is 8.00. The summed E-state index contributed by atoms with van der Waals surface area (Å²) in [7, 11) is 0. The molecule has 8 heteroatoms.